The molecule has 0 spiro atoms. The van der Waals surface area contributed by atoms with Crippen molar-refractivity contribution in [3.63, 3.8) is 0 Å². The quantitative estimate of drug-likeness (QED) is 0.349. The minimum atomic E-state index is 0.351. The summed E-state index contributed by atoms with van der Waals surface area (Å²) in [6, 6.07) is 16.0. The van der Waals surface area contributed by atoms with Gasteiger partial charge in [-0.15, -0.1) is 0 Å². The van der Waals surface area contributed by atoms with E-state index in [9.17, 15) is 0 Å². The molecule has 0 saturated carbocycles. The zero-order valence-corrected chi connectivity index (χ0v) is 19.3. The van der Waals surface area contributed by atoms with Crippen LogP contribution in [0.4, 0.5) is 5.95 Å². The van der Waals surface area contributed by atoms with Crippen LogP contribution in [0, 0.1) is 0 Å². The zero-order valence-electron chi connectivity index (χ0n) is 18.6. The number of dihydropyridines is 1. The van der Waals surface area contributed by atoms with Gasteiger partial charge >= 0.3 is 5.95 Å². The Balaban J connectivity index is 1.30. The lowest BCUT2D eigenvalue weighted by atomic mass is 10.1. The first-order chi connectivity index (χ1) is 16.2. The highest BCUT2D eigenvalue weighted by Crippen LogP contribution is 2.24. The number of hydrogen-bond donors (Lipinski definition) is 2. The van der Waals surface area contributed by atoms with E-state index in [4.69, 9.17) is 21.7 Å². The second-order valence-corrected chi connectivity index (χ2v) is 8.41. The van der Waals surface area contributed by atoms with E-state index in [1.807, 2.05) is 24.4 Å². The number of H-pyrrole nitrogens is 1. The van der Waals surface area contributed by atoms with Gasteiger partial charge in [-0.2, -0.15) is 0 Å². The fraction of sp³-hybridized carbons (Fsp3) is 0.269. The molecule has 3 aromatic rings. The van der Waals surface area contributed by atoms with Crippen LogP contribution in [0.15, 0.2) is 71.9 Å². The van der Waals surface area contributed by atoms with Crippen LogP contribution in [0.5, 0.6) is 5.75 Å². The molecule has 0 fully saturated rings. The smallest absolute Gasteiger partial charge is 0.389 e. The first-order valence-corrected chi connectivity index (χ1v) is 11.7. The lowest BCUT2D eigenvalue weighted by molar-refractivity contribution is -0.365. The normalized spacial score (nSPS) is 13.1. The average molecular weight is 464 g/mol. The third kappa shape index (κ3) is 6.88. The molecule has 5 N–H and O–H groups in total. The molecule has 1 aromatic heterocycles. The van der Waals surface area contributed by atoms with E-state index >= 15 is 0 Å². The van der Waals surface area contributed by atoms with Gasteiger partial charge in [0.2, 0.25) is 0 Å². The Hall–Kier alpha value is -3.22. The van der Waals surface area contributed by atoms with Gasteiger partial charge in [-0.05, 0) is 41.8 Å². The average Bonchev–Trinajstić information content (AvgIpc) is 2.85. The summed E-state index contributed by atoms with van der Waals surface area (Å²) in [6.07, 6.45) is 9.05. The zero-order chi connectivity index (χ0) is 22.9. The molecule has 6 nitrogen and oxygen atoms in total. The Morgan fingerprint density at radius 1 is 1.03 bits per heavy atom. The summed E-state index contributed by atoms with van der Waals surface area (Å²) in [7, 11) is 0. The molecule has 1 aliphatic heterocycles. The first-order valence-electron chi connectivity index (χ1n) is 11.3. The number of aromatic amines is 1. The lowest BCUT2D eigenvalue weighted by Crippen LogP contribution is -2.18. The summed E-state index contributed by atoms with van der Waals surface area (Å²) in [5, 5.41) is 15.0. The predicted octanol–water partition coefficient (Wildman–Crippen LogP) is 4.19. The molecule has 0 aliphatic carbocycles. The molecule has 0 unspecified atom stereocenters. The van der Waals surface area contributed by atoms with Crippen molar-refractivity contribution in [1.29, 1.82) is 0 Å². The largest absolute Gasteiger partial charge is 0.592 e. The number of aliphatic imine (C=N–C) groups is 1. The van der Waals surface area contributed by atoms with E-state index in [-0.39, 0.29) is 0 Å². The molecule has 170 valence electrons. The van der Waals surface area contributed by atoms with Gasteiger partial charge in [0.15, 0.2) is 5.69 Å². The van der Waals surface area contributed by atoms with Crippen LogP contribution in [0.25, 0.3) is 11.3 Å². The minimum absolute atomic E-state index is 0.351. The van der Waals surface area contributed by atoms with Crippen molar-refractivity contribution < 1.29 is 10.1 Å². The Labute approximate surface area is 199 Å². The van der Waals surface area contributed by atoms with E-state index in [0.717, 1.165) is 61.7 Å². The van der Waals surface area contributed by atoms with Crippen LogP contribution < -0.4 is 15.6 Å². The number of nitrogens with zero attached hydrogens (tertiary/aromatic N) is 2. The number of halogens is 1. The van der Waals surface area contributed by atoms with E-state index in [0.29, 0.717) is 17.3 Å². The van der Waals surface area contributed by atoms with Gasteiger partial charge in [-0.1, -0.05) is 40.9 Å². The van der Waals surface area contributed by atoms with Gasteiger partial charge in [-0.25, -0.2) is 4.98 Å². The minimum Gasteiger partial charge on any atom is -0.592 e. The number of hydrogen-bond acceptors (Lipinski definition) is 4. The summed E-state index contributed by atoms with van der Waals surface area (Å²) in [5.74, 6) is 1.07. The molecule has 0 radical (unpaired) electrons. The molecule has 0 amide bonds. The van der Waals surface area contributed by atoms with Crippen LogP contribution in [0.1, 0.15) is 24.0 Å². The van der Waals surface area contributed by atoms with Crippen LogP contribution in [0.3, 0.4) is 0 Å². The van der Waals surface area contributed by atoms with Crippen LogP contribution in [0.2, 0.25) is 5.02 Å². The van der Waals surface area contributed by atoms with Crippen molar-refractivity contribution in [2.45, 2.75) is 25.8 Å². The summed E-state index contributed by atoms with van der Waals surface area (Å²) in [5.41, 5.74) is 5.51. The van der Waals surface area contributed by atoms with E-state index in [2.05, 4.69) is 57.0 Å². The molecule has 0 bridgehead atoms. The van der Waals surface area contributed by atoms with Gasteiger partial charge in [-0.3, -0.25) is 10.3 Å². The van der Waals surface area contributed by atoms with E-state index < -0.39 is 0 Å². The monoisotopic (exact) mass is 463 g/mol. The molecule has 33 heavy (non-hydrogen) atoms. The van der Waals surface area contributed by atoms with Gasteiger partial charge in [0.25, 0.3) is 5.75 Å². The van der Waals surface area contributed by atoms with Crippen molar-refractivity contribution in [1.82, 2.24) is 10.3 Å². The number of aromatic nitrogens is 2. The predicted molar refractivity (Wildman–Crippen MR) is 135 cm³/mol. The second-order valence-electron chi connectivity index (χ2n) is 8.01. The van der Waals surface area contributed by atoms with Crippen molar-refractivity contribution >= 4 is 23.3 Å². The maximum Gasteiger partial charge on any atom is 0.389 e. The Bertz CT molecular complexity index is 1150. The van der Waals surface area contributed by atoms with Crippen LogP contribution >= 0.6 is 11.6 Å². The van der Waals surface area contributed by atoms with Gasteiger partial charge in [0.05, 0.1) is 12.7 Å². The molecule has 4 rings (SSSR count). The Kier molecular flexibility index (Phi) is 8.06. The lowest BCUT2D eigenvalue weighted by Gasteiger charge is -2.08. The fourth-order valence-electron chi connectivity index (χ4n) is 3.69. The van der Waals surface area contributed by atoms with Crippen LogP contribution in [-0.2, 0) is 13.0 Å². The summed E-state index contributed by atoms with van der Waals surface area (Å²) < 4.78 is 0. The van der Waals surface area contributed by atoms with E-state index in [1.54, 1.807) is 6.07 Å². The molecular formula is C26H30ClN5O+2. The highest BCUT2D eigenvalue weighted by Gasteiger charge is 2.10. The van der Waals surface area contributed by atoms with Crippen molar-refractivity contribution in [3.05, 3.63) is 83.0 Å². The summed E-state index contributed by atoms with van der Waals surface area (Å²) >= 11 is 6.05. The SMILES string of the molecule is [OH2+]c1ccc(CCNc2nc(-c3cccc(CNCCC4=NCCC=C4)c3)cc[nH+]2)cc1Cl. The molecule has 7 heteroatoms. The Morgan fingerprint density at radius 3 is 2.82 bits per heavy atom. The highest BCUT2D eigenvalue weighted by molar-refractivity contribution is 6.32. The molecule has 0 atom stereocenters. The fourth-order valence-corrected chi connectivity index (χ4v) is 3.89. The third-order valence-corrected chi connectivity index (χ3v) is 5.78. The number of anilines is 1. The molecular weight excluding hydrogens is 434 g/mol. The summed E-state index contributed by atoms with van der Waals surface area (Å²) in [6.45, 7) is 3.36. The van der Waals surface area contributed by atoms with Crippen molar-refractivity contribution in [2.24, 2.45) is 4.99 Å². The molecule has 2 heterocycles. The number of nitrogens with one attached hydrogen (secondary N) is 3. The van der Waals surface area contributed by atoms with Crippen LogP contribution in [-0.4, -0.2) is 35.4 Å². The second kappa shape index (κ2) is 11.6. The maximum absolute atomic E-state index is 7.66. The standard InChI is InChI=1S/C26H28ClN5O/c27-23-17-19(7-8-25(23)33)9-14-30-26-31-15-11-24(32-26)21-5-3-4-20(16-21)18-28-13-10-22-6-1-2-12-29-22/h1,3-8,11,15-17,28,33H,2,9-10,12-14,18H2,(H,30,31,32)/p+2. The number of allylic oxidation sites excluding steroid dienone is 1. The third-order valence-electron chi connectivity index (χ3n) is 5.46. The van der Waals surface area contributed by atoms with Gasteiger partial charge < -0.3 is 10.4 Å². The van der Waals surface area contributed by atoms with Crippen molar-refractivity contribution in [2.75, 3.05) is 25.0 Å². The van der Waals surface area contributed by atoms with Gasteiger partial charge in [0, 0.05) is 55.9 Å². The Morgan fingerprint density at radius 2 is 1.97 bits per heavy atom. The van der Waals surface area contributed by atoms with Gasteiger partial charge in [0.1, 0.15) is 5.02 Å². The molecule has 0 saturated heterocycles. The number of benzene rings is 2. The molecule has 1 aliphatic rings. The highest BCUT2D eigenvalue weighted by atomic mass is 35.5. The topological polar surface area (TPSA) is 86.4 Å². The van der Waals surface area contributed by atoms with Crippen molar-refractivity contribution in [3.8, 4) is 17.0 Å². The molecule has 2 aromatic carbocycles. The maximum atomic E-state index is 7.66. The first kappa shape index (κ1) is 23.0. The number of rotatable bonds is 10. The van der Waals surface area contributed by atoms with E-state index in [1.165, 1.54) is 11.3 Å². The summed E-state index contributed by atoms with van der Waals surface area (Å²) in [4.78, 5) is 12.4.